The van der Waals surface area contributed by atoms with Crippen molar-refractivity contribution < 1.29 is 28.2 Å². The van der Waals surface area contributed by atoms with Crippen molar-refractivity contribution in [2.45, 2.75) is 25.3 Å². The minimum atomic E-state index is -1.81. The number of rotatable bonds is 6. The second-order valence-electron chi connectivity index (χ2n) is 10.00. The average Bonchev–Trinajstić information content (AvgIpc) is 3.57. The summed E-state index contributed by atoms with van der Waals surface area (Å²) in [7, 11) is 4.27. The maximum Gasteiger partial charge on any atom is 0.322 e. The Morgan fingerprint density at radius 2 is 1.60 bits per heavy atom. The van der Waals surface area contributed by atoms with Crippen molar-refractivity contribution in [2.24, 2.45) is 0 Å². The summed E-state index contributed by atoms with van der Waals surface area (Å²) in [5.74, 6) is -1.97. The van der Waals surface area contributed by atoms with E-state index in [1.54, 1.807) is 29.0 Å². The standard InChI is InChI=1S/C29H24Cl2FN5O5/c1-13(2)22-21-16(12-36(22)23-24(40-3)34-28(42-5)35-25(23)41-4)26(38)37(20-11-15(31)7-9-18(20)32)29(21)17-8-6-14(30)10-19(17)33-27(29)39/h6-13H,1-5H3,(H,33,39)/t29-/m0/s1. The number of fused-ring (bicyclic) bond motifs is 4. The van der Waals surface area contributed by atoms with Gasteiger partial charge in [-0.05, 0) is 36.2 Å². The van der Waals surface area contributed by atoms with Crippen LogP contribution in [0.5, 0.6) is 17.8 Å². The summed E-state index contributed by atoms with van der Waals surface area (Å²) in [5, 5.41) is 3.44. The maximum absolute atomic E-state index is 15.5. The fourth-order valence-electron chi connectivity index (χ4n) is 5.87. The number of hydrogen-bond donors (Lipinski definition) is 1. The number of benzene rings is 2. The van der Waals surface area contributed by atoms with E-state index in [2.05, 4.69) is 15.3 Å². The summed E-state index contributed by atoms with van der Waals surface area (Å²) < 4.78 is 33.6. The lowest BCUT2D eigenvalue weighted by atomic mass is 9.81. The Morgan fingerprint density at radius 3 is 2.21 bits per heavy atom. The highest BCUT2D eigenvalue weighted by Gasteiger charge is 2.63. The summed E-state index contributed by atoms with van der Waals surface area (Å²) in [5.41, 5.74) is 0.223. The van der Waals surface area contributed by atoms with E-state index in [9.17, 15) is 9.59 Å². The molecule has 13 heteroatoms. The first-order valence-corrected chi connectivity index (χ1v) is 13.5. The van der Waals surface area contributed by atoms with Gasteiger partial charge in [0.2, 0.25) is 11.8 Å². The van der Waals surface area contributed by atoms with Crippen LogP contribution in [0, 0.1) is 5.82 Å². The first-order valence-electron chi connectivity index (χ1n) is 12.8. The number of nitrogens with zero attached hydrogens (tertiary/aromatic N) is 4. The third-order valence-corrected chi connectivity index (χ3v) is 7.90. The quantitative estimate of drug-likeness (QED) is 0.297. The van der Waals surface area contributed by atoms with Crippen molar-refractivity contribution in [3.63, 3.8) is 0 Å². The summed E-state index contributed by atoms with van der Waals surface area (Å²) in [6, 6.07) is 8.74. The number of halogens is 3. The molecular formula is C29H24Cl2FN5O5. The highest BCUT2D eigenvalue weighted by molar-refractivity contribution is 6.32. The lowest BCUT2D eigenvalue weighted by molar-refractivity contribution is -0.119. The number of anilines is 2. The smallest absolute Gasteiger partial charge is 0.322 e. The molecule has 42 heavy (non-hydrogen) atoms. The Morgan fingerprint density at radius 1 is 0.952 bits per heavy atom. The number of methoxy groups -OCH3 is 3. The fraction of sp³-hybridized carbons (Fsp3) is 0.241. The van der Waals surface area contributed by atoms with Crippen molar-refractivity contribution in [1.29, 1.82) is 0 Å². The van der Waals surface area contributed by atoms with E-state index in [4.69, 9.17) is 37.4 Å². The van der Waals surface area contributed by atoms with Crippen LogP contribution in [-0.4, -0.2) is 47.7 Å². The van der Waals surface area contributed by atoms with Gasteiger partial charge in [-0.2, -0.15) is 9.97 Å². The minimum Gasteiger partial charge on any atom is -0.479 e. The molecule has 4 heterocycles. The van der Waals surface area contributed by atoms with Crippen molar-refractivity contribution in [3.8, 4) is 23.5 Å². The van der Waals surface area contributed by atoms with Gasteiger partial charge in [0.25, 0.3) is 11.8 Å². The molecule has 2 aliphatic heterocycles. The Labute approximate surface area is 249 Å². The zero-order valence-corrected chi connectivity index (χ0v) is 24.6. The summed E-state index contributed by atoms with van der Waals surface area (Å²) in [6.45, 7) is 3.82. The van der Waals surface area contributed by atoms with Crippen LogP contribution in [0.15, 0.2) is 42.6 Å². The number of hydrogen-bond acceptors (Lipinski definition) is 7. The third kappa shape index (κ3) is 3.69. The molecule has 4 aromatic rings. The molecule has 216 valence electrons. The zero-order valence-electron chi connectivity index (χ0n) is 23.1. The monoisotopic (exact) mass is 611 g/mol. The van der Waals surface area contributed by atoms with Crippen molar-refractivity contribution in [2.75, 3.05) is 31.5 Å². The number of ether oxygens (including phenoxy) is 3. The Kier molecular flexibility index (Phi) is 6.54. The lowest BCUT2D eigenvalue weighted by Crippen LogP contribution is -2.51. The second kappa shape index (κ2) is 9.88. The largest absolute Gasteiger partial charge is 0.479 e. The predicted molar refractivity (Wildman–Crippen MR) is 154 cm³/mol. The fourth-order valence-corrected chi connectivity index (χ4v) is 6.20. The Hall–Kier alpha value is -4.35. The van der Waals surface area contributed by atoms with Gasteiger partial charge in [0.1, 0.15) is 5.82 Å². The highest BCUT2D eigenvalue weighted by atomic mass is 35.5. The minimum absolute atomic E-state index is 0.00868. The summed E-state index contributed by atoms with van der Waals surface area (Å²) >= 11 is 12.6. The van der Waals surface area contributed by atoms with E-state index in [0.29, 0.717) is 27.5 Å². The van der Waals surface area contributed by atoms with Crippen LogP contribution in [-0.2, 0) is 10.3 Å². The predicted octanol–water partition coefficient (Wildman–Crippen LogP) is 5.72. The van der Waals surface area contributed by atoms with Crippen LogP contribution < -0.4 is 24.4 Å². The van der Waals surface area contributed by atoms with Gasteiger partial charge in [-0.25, -0.2) is 4.39 Å². The van der Waals surface area contributed by atoms with Crippen molar-refractivity contribution in [3.05, 3.63) is 80.8 Å². The molecule has 0 saturated carbocycles. The highest BCUT2D eigenvalue weighted by Crippen LogP contribution is 2.56. The van der Waals surface area contributed by atoms with Gasteiger partial charge in [0, 0.05) is 38.8 Å². The van der Waals surface area contributed by atoms with Crippen molar-refractivity contribution >= 4 is 46.4 Å². The van der Waals surface area contributed by atoms with E-state index in [-0.39, 0.29) is 45.6 Å². The van der Waals surface area contributed by atoms with E-state index in [1.807, 2.05) is 13.8 Å². The molecule has 0 radical (unpaired) electrons. The molecule has 0 saturated heterocycles. The van der Waals surface area contributed by atoms with Crippen LogP contribution in [0.4, 0.5) is 15.8 Å². The first kappa shape index (κ1) is 27.8. The van der Waals surface area contributed by atoms with Crippen molar-refractivity contribution in [1.82, 2.24) is 14.5 Å². The molecule has 0 fully saturated rings. The molecule has 2 aromatic heterocycles. The topological polar surface area (TPSA) is 108 Å². The van der Waals surface area contributed by atoms with Crippen LogP contribution in [0.25, 0.3) is 5.69 Å². The first-order chi connectivity index (χ1) is 20.1. The number of carbonyl (C=O) groups is 2. The van der Waals surface area contributed by atoms with Crippen LogP contribution in [0.1, 0.15) is 46.9 Å². The van der Waals surface area contributed by atoms with Gasteiger partial charge < -0.3 is 24.1 Å². The van der Waals surface area contributed by atoms with E-state index in [0.717, 1.165) is 6.07 Å². The normalized spacial score (nSPS) is 17.1. The molecule has 1 N–H and O–H groups in total. The molecule has 0 aliphatic carbocycles. The van der Waals surface area contributed by atoms with Gasteiger partial charge in [-0.15, -0.1) is 0 Å². The number of aromatic nitrogens is 3. The molecule has 2 amide bonds. The lowest BCUT2D eigenvalue weighted by Gasteiger charge is -2.36. The summed E-state index contributed by atoms with van der Waals surface area (Å²) in [6.07, 6.45) is 1.56. The van der Waals surface area contributed by atoms with E-state index in [1.165, 1.54) is 38.4 Å². The molecule has 10 nitrogen and oxygen atoms in total. The van der Waals surface area contributed by atoms with Gasteiger partial charge >= 0.3 is 6.01 Å². The van der Waals surface area contributed by atoms with E-state index < -0.39 is 23.2 Å². The van der Waals surface area contributed by atoms with E-state index >= 15 is 4.39 Å². The number of amides is 2. The SMILES string of the molecule is COc1nc(OC)c(-n2cc3c(c2C(C)C)[C@@]2(C(=O)Nc4cc(Cl)ccc42)N(c2cc(Cl)ccc2F)C3=O)c(OC)n1. The molecule has 2 aliphatic rings. The second-order valence-corrected chi connectivity index (χ2v) is 10.9. The number of nitrogens with one attached hydrogen (secondary N) is 1. The van der Waals surface area contributed by atoms with Gasteiger partial charge in [-0.1, -0.05) is 43.1 Å². The number of carbonyl (C=O) groups excluding carboxylic acids is 2. The van der Waals surface area contributed by atoms with Crippen LogP contribution >= 0.6 is 23.2 Å². The zero-order chi connectivity index (χ0) is 30.1. The van der Waals surface area contributed by atoms with Gasteiger partial charge in [0.05, 0.1) is 32.6 Å². The van der Waals surface area contributed by atoms with Crippen LogP contribution in [0.2, 0.25) is 10.0 Å². The van der Waals surface area contributed by atoms with Gasteiger partial charge in [0.15, 0.2) is 11.2 Å². The molecule has 0 unspecified atom stereocenters. The average molecular weight is 612 g/mol. The Bertz CT molecular complexity index is 1780. The summed E-state index contributed by atoms with van der Waals surface area (Å²) in [4.78, 5) is 38.6. The maximum atomic E-state index is 15.5. The van der Waals surface area contributed by atoms with Crippen LogP contribution in [0.3, 0.4) is 0 Å². The van der Waals surface area contributed by atoms with Gasteiger partial charge in [-0.3, -0.25) is 14.5 Å². The molecular weight excluding hydrogens is 588 g/mol. The third-order valence-electron chi connectivity index (χ3n) is 7.43. The molecule has 1 spiro atoms. The molecule has 1 atom stereocenters. The molecule has 0 bridgehead atoms. The molecule has 2 aromatic carbocycles. The Balaban J connectivity index is 1.75. The molecule has 6 rings (SSSR count).